The molecule has 0 saturated carbocycles. The van der Waals surface area contributed by atoms with Crippen LogP contribution in [0.5, 0.6) is 0 Å². The van der Waals surface area contributed by atoms with Gasteiger partial charge in [0, 0.05) is 17.9 Å². The molecule has 2 nitrogen and oxygen atoms in total. The molecule has 0 aliphatic carbocycles. The third kappa shape index (κ3) is 6.88. The van der Waals surface area contributed by atoms with E-state index in [4.69, 9.17) is 5.73 Å². The molecule has 0 aliphatic heterocycles. The summed E-state index contributed by atoms with van der Waals surface area (Å²) in [6.45, 7) is 3.31. The summed E-state index contributed by atoms with van der Waals surface area (Å²) in [5.74, 6) is 0. The number of anilines is 2. The molecule has 2 heteroatoms. The highest BCUT2D eigenvalue weighted by atomic mass is 14.9. The lowest BCUT2D eigenvalue weighted by atomic mass is 10.1. The van der Waals surface area contributed by atoms with E-state index < -0.39 is 0 Å². The lowest BCUT2D eigenvalue weighted by Gasteiger charge is -2.06. The zero-order valence-corrected chi connectivity index (χ0v) is 11.0. The largest absolute Gasteiger partial charge is 0.399 e. The van der Waals surface area contributed by atoms with Gasteiger partial charge in [-0.15, -0.1) is 0 Å². The SMILES string of the molecule is CCCCCCCCCNc1cccc(N)c1. The molecule has 0 radical (unpaired) electrons. The Kier molecular flexibility index (Phi) is 7.28. The van der Waals surface area contributed by atoms with Crippen molar-refractivity contribution in [3.63, 3.8) is 0 Å². The number of hydrogen-bond donors (Lipinski definition) is 2. The van der Waals surface area contributed by atoms with Crippen molar-refractivity contribution in [2.75, 3.05) is 17.6 Å². The van der Waals surface area contributed by atoms with Gasteiger partial charge in [0.15, 0.2) is 0 Å². The highest BCUT2D eigenvalue weighted by molar-refractivity contribution is 5.53. The molecule has 17 heavy (non-hydrogen) atoms. The average molecular weight is 234 g/mol. The summed E-state index contributed by atoms with van der Waals surface area (Å²) in [5, 5.41) is 3.41. The molecule has 0 spiro atoms. The van der Waals surface area contributed by atoms with E-state index in [9.17, 15) is 0 Å². The Bertz CT molecular complexity index is 297. The van der Waals surface area contributed by atoms with Crippen LogP contribution in [0.2, 0.25) is 0 Å². The Morgan fingerprint density at radius 3 is 2.41 bits per heavy atom. The Balaban J connectivity index is 1.97. The summed E-state index contributed by atoms with van der Waals surface area (Å²) < 4.78 is 0. The molecule has 1 rings (SSSR count). The van der Waals surface area contributed by atoms with Crippen LogP contribution in [0.25, 0.3) is 0 Å². The predicted octanol–water partition coefficient (Wildman–Crippen LogP) is 4.43. The van der Waals surface area contributed by atoms with Crippen molar-refractivity contribution < 1.29 is 0 Å². The molecular formula is C15H26N2. The van der Waals surface area contributed by atoms with Crippen molar-refractivity contribution in [2.24, 2.45) is 0 Å². The molecule has 0 fully saturated rings. The Labute approximate surface area is 106 Å². The number of hydrogen-bond acceptors (Lipinski definition) is 2. The number of rotatable bonds is 9. The van der Waals surface area contributed by atoms with Crippen LogP contribution in [0, 0.1) is 0 Å². The molecule has 0 atom stereocenters. The normalized spacial score (nSPS) is 10.4. The van der Waals surface area contributed by atoms with Gasteiger partial charge in [0.2, 0.25) is 0 Å². The lowest BCUT2D eigenvalue weighted by Crippen LogP contribution is -2.01. The third-order valence-corrected chi connectivity index (χ3v) is 3.00. The van der Waals surface area contributed by atoms with Gasteiger partial charge in [-0.05, 0) is 24.6 Å². The van der Waals surface area contributed by atoms with Crippen molar-refractivity contribution in [3.05, 3.63) is 24.3 Å². The fourth-order valence-corrected chi connectivity index (χ4v) is 1.96. The summed E-state index contributed by atoms with van der Waals surface area (Å²) in [7, 11) is 0. The van der Waals surface area contributed by atoms with E-state index in [1.165, 1.54) is 44.9 Å². The Morgan fingerprint density at radius 2 is 1.71 bits per heavy atom. The first-order valence-electron chi connectivity index (χ1n) is 6.92. The second kappa shape index (κ2) is 8.91. The minimum absolute atomic E-state index is 0.828. The number of nitrogens with two attached hydrogens (primary N) is 1. The second-order valence-electron chi connectivity index (χ2n) is 4.67. The van der Waals surface area contributed by atoms with Crippen LogP contribution >= 0.6 is 0 Å². The standard InChI is InChI=1S/C15H26N2/c1-2-3-4-5-6-7-8-12-17-15-11-9-10-14(16)13-15/h9-11,13,17H,2-8,12,16H2,1H3. The van der Waals surface area contributed by atoms with Crippen molar-refractivity contribution in [1.82, 2.24) is 0 Å². The first-order valence-corrected chi connectivity index (χ1v) is 6.92. The molecule has 0 aromatic heterocycles. The summed E-state index contributed by atoms with van der Waals surface area (Å²) >= 11 is 0. The van der Waals surface area contributed by atoms with Gasteiger partial charge in [-0.2, -0.15) is 0 Å². The van der Waals surface area contributed by atoms with Crippen LogP contribution in [0.4, 0.5) is 11.4 Å². The van der Waals surface area contributed by atoms with Gasteiger partial charge in [-0.25, -0.2) is 0 Å². The monoisotopic (exact) mass is 234 g/mol. The number of benzene rings is 1. The zero-order valence-electron chi connectivity index (χ0n) is 11.0. The number of unbranched alkanes of at least 4 members (excludes halogenated alkanes) is 6. The van der Waals surface area contributed by atoms with Gasteiger partial charge in [0.05, 0.1) is 0 Å². The number of nitrogen functional groups attached to an aromatic ring is 1. The van der Waals surface area contributed by atoms with Crippen LogP contribution in [-0.2, 0) is 0 Å². The van der Waals surface area contributed by atoms with Crippen LogP contribution in [0.3, 0.4) is 0 Å². The molecule has 0 amide bonds. The number of nitrogens with one attached hydrogen (secondary N) is 1. The molecule has 3 N–H and O–H groups in total. The second-order valence-corrected chi connectivity index (χ2v) is 4.67. The molecule has 0 aliphatic rings. The predicted molar refractivity (Wildman–Crippen MR) is 77.3 cm³/mol. The van der Waals surface area contributed by atoms with Crippen LogP contribution < -0.4 is 11.1 Å². The van der Waals surface area contributed by atoms with Gasteiger partial charge < -0.3 is 11.1 Å². The van der Waals surface area contributed by atoms with E-state index in [0.717, 1.165) is 17.9 Å². The van der Waals surface area contributed by atoms with Gasteiger partial charge >= 0.3 is 0 Å². The van der Waals surface area contributed by atoms with E-state index in [-0.39, 0.29) is 0 Å². The summed E-state index contributed by atoms with van der Waals surface area (Å²) in [6, 6.07) is 7.96. The van der Waals surface area contributed by atoms with Crippen LogP contribution in [0.15, 0.2) is 24.3 Å². The maximum atomic E-state index is 5.72. The lowest BCUT2D eigenvalue weighted by molar-refractivity contribution is 0.596. The smallest absolute Gasteiger partial charge is 0.0360 e. The van der Waals surface area contributed by atoms with Gasteiger partial charge in [0.25, 0.3) is 0 Å². The van der Waals surface area contributed by atoms with Gasteiger partial charge in [0.1, 0.15) is 0 Å². The van der Waals surface area contributed by atoms with Crippen molar-refractivity contribution in [3.8, 4) is 0 Å². The van der Waals surface area contributed by atoms with Crippen LogP contribution in [-0.4, -0.2) is 6.54 Å². The Morgan fingerprint density at radius 1 is 1.00 bits per heavy atom. The molecule has 0 bridgehead atoms. The molecule has 1 aromatic carbocycles. The van der Waals surface area contributed by atoms with Crippen LogP contribution in [0.1, 0.15) is 51.9 Å². The molecule has 0 saturated heterocycles. The molecule has 96 valence electrons. The zero-order chi connectivity index (χ0) is 12.3. The minimum Gasteiger partial charge on any atom is -0.399 e. The molecular weight excluding hydrogens is 208 g/mol. The van der Waals surface area contributed by atoms with Crippen molar-refractivity contribution in [1.29, 1.82) is 0 Å². The van der Waals surface area contributed by atoms with Crippen molar-refractivity contribution in [2.45, 2.75) is 51.9 Å². The van der Waals surface area contributed by atoms with Crippen molar-refractivity contribution >= 4 is 11.4 Å². The summed E-state index contributed by atoms with van der Waals surface area (Å²) in [5.41, 5.74) is 7.68. The van der Waals surface area contributed by atoms with E-state index in [0.29, 0.717) is 0 Å². The van der Waals surface area contributed by atoms with E-state index >= 15 is 0 Å². The topological polar surface area (TPSA) is 38.0 Å². The van der Waals surface area contributed by atoms with E-state index in [1.807, 2.05) is 18.2 Å². The van der Waals surface area contributed by atoms with Gasteiger partial charge in [-0.3, -0.25) is 0 Å². The quantitative estimate of drug-likeness (QED) is 0.490. The molecule has 1 aromatic rings. The molecule has 0 heterocycles. The highest BCUT2D eigenvalue weighted by Crippen LogP contribution is 2.12. The fraction of sp³-hybridized carbons (Fsp3) is 0.600. The fourth-order valence-electron chi connectivity index (χ4n) is 1.96. The summed E-state index contributed by atoms with van der Waals surface area (Å²) in [4.78, 5) is 0. The van der Waals surface area contributed by atoms with E-state index in [1.54, 1.807) is 0 Å². The third-order valence-electron chi connectivity index (χ3n) is 3.00. The average Bonchev–Trinajstić information content (AvgIpc) is 2.33. The minimum atomic E-state index is 0.828. The highest BCUT2D eigenvalue weighted by Gasteiger charge is 1.93. The maximum Gasteiger partial charge on any atom is 0.0360 e. The van der Waals surface area contributed by atoms with Gasteiger partial charge in [-0.1, -0.05) is 51.5 Å². The first-order chi connectivity index (χ1) is 8.33. The maximum absolute atomic E-state index is 5.72. The molecule has 0 unspecified atom stereocenters. The Hall–Kier alpha value is -1.18. The summed E-state index contributed by atoms with van der Waals surface area (Å²) in [6.07, 6.45) is 9.47. The first kappa shape index (κ1) is 13.9. The van der Waals surface area contributed by atoms with E-state index in [2.05, 4.69) is 18.3 Å².